The van der Waals surface area contributed by atoms with Crippen LogP contribution in [0.1, 0.15) is 16.3 Å². The zero-order valence-electron chi connectivity index (χ0n) is 16.8. The second-order valence-electron chi connectivity index (χ2n) is 7.15. The summed E-state index contributed by atoms with van der Waals surface area (Å²) in [5, 5.41) is 4.62. The first-order valence-electron chi connectivity index (χ1n) is 9.62. The van der Waals surface area contributed by atoms with Crippen molar-refractivity contribution in [1.29, 1.82) is 0 Å². The number of nitrogens with zero attached hydrogens (tertiary/aromatic N) is 3. The van der Waals surface area contributed by atoms with Crippen LogP contribution in [0.2, 0.25) is 5.02 Å². The van der Waals surface area contributed by atoms with E-state index in [-0.39, 0.29) is 18.0 Å². The number of rotatable bonds is 7. The minimum absolute atomic E-state index is 0.135. The summed E-state index contributed by atoms with van der Waals surface area (Å²) in [6.07, 6.45) is 2.41. The number of hydrogen-bond donors (Lipinski definition) is 2. The van der Waals surface area contributed by atoms with E-state index >= 15 is 0 Å². The van der Waals surface area contributed by atoms with Crippen molar-refractivity contribution in [2.24, 2.45) is 0 Å². The van der Waals surface area contributed by atoms with Crippen LogP contribution >= 0.6 is 22.9 Å². The number of aromatic nitrogens is 3. The van der Waals surface area contributed by atoms with Crippen molar-refractivity contribution in [3.63, 3.8) is 0 Å². The standard InChI is InChI=1S/C22H20ClN5O2S/c1-28(12-19-25-18-9-5-3-7-16(18)21(30)26-19)13-20(29)27-22-24-11-15(31-22)10-14-6-2-4-8-17(14)23/h2-9,11H,10,12-13H2,1H3,(H,24,27,29)(H,25,26,30). The van der Waals surface area contributed by atoms with Crippen molar-refractivity contribution in [3.8, 4) is 0 Å². The number of para-hydroxylation sites is 1. The van der Waals surface area contributed by atoms with E-state index in [9.17, 15) is 9.59 Å². The number of anilines is 1. The van der Waals surface area contributed by atoms with Gasteiger partial charge in [-0.15, -0.1) is 11.3 Å². The van der Waals surface area contributed by atoms with Crippen molar-refractivity contribution in [1.82, 2.24) is 19.9 Å². The van der Waals surface area contributed by atoms with Gasteiger partial charge in [-0.1, -0.05) is 41.9 Å². The zero-order chi connectivity index (χ0) is 21.8. The van der Waals surface area contributed by atoms with Crippen molar-refractivity contribution in [2.75, 3.05) is 18.9 Å². The van der Waals surface area contributed by atoms with Crippen LogP contribution in [0.4, 0.5) is 5.13 Å². The number of carbonyl (C=O) groups excluding carboxylic acids is 1. The first-order chi connectivity index (χ1) is 15.0. The Labute approximate surface area is 187 Å². The van der Waals surface area contributed by atoms with Crippen LogP contribution in [-0.2, 0) is 17.8 Å². The van der Waals surface area contributed by atoms with E-state index in [1.54, 1.807) is 36.3 Å². The molecule has 0 radical (unpaired) electrons. The monoisotopic (exact) mass is 453 g/mol. The molecule has 0 aliphatic heterocycles. The van der Waals surface area contributed by atoms with Gasteiger partial charge in [-0.05, 0) is 30.8 Å². The molecule has 158 valence electrons. The number of amides is 1. The molecule has 0 aliphatic carbocycles. The van der Waals surface area contributed by atoms with E-state index in [2.05, 4.69) is 20.3 Å². The Hall–Kier alpha value is -3.07. The van der Waals surface area contributed by atoms with E-state index in [1.165, 1.54) is 11.3 Å². The number of hydrogen-bond acceptors (Lipinski definition) is 6. The van der Waals surface area contributed by atoms with Gasteiger partial charge >= 0.3 is 0 Å². The Balaban J connectivity index is 1.34. The summed E-state index contributed by atoms with van der Waals surface area (Å²) >= 11 is 7.63. The third-order valence-electron chi connectivity index (χ3n) is 4.62. The summed E-state index contributed by atoms with van der Waals surface area (Å²) < 4.78 is 0. The van der Waals surface area contributed by atoms with Gasteiger partial charge in [0.2, 0.25) is 5.91 Å². The third-order valence-corrected chi connectivity index (χ3v) is 5.90. The first kappa shape index (κ1) is 21.2. The molecule has 0 fully saturated rings. The highest BCUT2D eigenvalue weighted by atomic mass is 35.5. The van der Waals surface area contributed by atoms with Crippen molar-refractivity contribution < 1.29 is 4.79 Å². The quantitative estimate of drug-likeness (QED) is 0.445. The van der Waals surface area contributed by atoms with Gasteiger partial charge in [0.05, 0.1) is 24.0 Å². The number of aromatic amines is 1. The van der Waals surface area contributed by atoms with Gasteiger partial charge in [-0.2, -0.15) is 0 Å². The summed E-state index contributed by atoms with van der Waals surface area (Å²) in [6, 6.07) is 14.8. The second-order valence-corrected chi connectivity index (χ2v) is 8.67. The van der Waals surface area contributed by atoms with E-state index in [4.69, 9.17) is 11.6 Å². The highest BCUT2D eigenvalue weighted by molar-refractivity contribution is 7.15. The molecule has 0 atom stereocenters. The molecule has 4 rings (SSSR count). The SMILES string of the molecule is CN(CC(=O)Nc1ncc(Cc2ccccc2Cl)s1)Cc1nc2ccccc2c(=O)[nH]1. The maximum Gasteiger partial charge on any atom is 0.258 e. The minimum Gasteiger partial charge on any atom is -0.309 e. The molecule has 2 aromatic carbocycles. The average Bonchev–Trinajstić information content (AvgIpc) is 3.16. The number of carbonyl (C=O) groups is 1. The molecule has 2 N–H and O–H groups in total. The van der Waals surface area contributed by atoms with Gasteiger partial charge in [-0.25, -0.2) is 9.97 Å². The fourth-order valence-corrected chi connectivity index (χ4v) is 4.26. The topological polar surface area (TPSA) is 91.0 Å². The van der Waals surface area contributed by atoms with Crippen LogP contribution in [0, 0.1) is 0 Å². The maximum absolute atomic E-state index is 12.4. The number of thiazole rings is 1. The van der Waals surface area contributed by atoms with Crippen molar-refractivity contribution in [2.45, 2.75) is 13.0 Å². The molecule has 0 spiro atoms. The number of benzene rings is 2. The Kier molecular flexibility index (Phi) is 6.41. The second kappa shape index (κ2) is 9.38. The lowest BCUT2D eigenvalue weighted by Crippen LogP contribution is -2.31. The lowest BCUT2D eigenvalue weighted by Gasteiger charge is -2.15. The van der Waals surface area contributed by atoms with E-state index in [1.807, 2.05) is 30.3 Å². The molecule has 0 saturated heterocycles. The molecule has 7 nitrogen and oxygen atoms in total. The smallest absolute Gasteiger partial charge is 0.258 e. The number of nitrogens with one attached hydrogen (secondary N) is 2. The summed E-state index contributed by atoms with van der Waals surface area (Å²) in [5.41, 5.74) is 1.46. The van der Waals surface area contributed by atoms with Gasteiger partial charge in [-0.3, -0.25) is 14.5 Å². The molecule has 2 heterocycles. The van der Waals surface area contributed by atoms with E-state index in [0.717, 1.165) is 10.4 Å². The van der Waals surface area contributed by atoms with Gasteiger partial charge < -0.3 is 10.3 Å². The van der Waals surface area contributed by atoms with Gasteiger partial charge in [0.15, 0.2) is 5.13 Å². The molecule has 4 aromatic rings. The Morgan fingerprint density at radius 2 is 1.97 bits per heavy atom. The average molecular weight is 454 g/mol. The van der Waals surface area contributed by atoms with Crippen LogP contribution in [0.25, 0.3) is 10.9 Å². The van der Waals surface area contributed by atoms with Gasteiger partial charge in [0.1, 0.15) is 5.82 Å². The number of fused-ring (bicyclic) bond motifs is 1. The molecule has 0 unspecified atom stereocenters. The zero-order valence-corrected chi connectivity index (χ0v) is 18.3. The fraction of sp³-hybridized carbons (Fsp3) is 0.182. The molecule has 1 amide bonds. The van der Waals surface area contributed by atoms with Crippen LogP contribution in [-0.4, -0.2) is 39.4 Å². The minimum atomic E-state index is -0.190. The number of likely N-dealkylation sites (N-methyl/N-ethyl adjacent to an activating group) is 1. The molecule has 0 bridgehead atoms. The molecule has 0 saturated carbocycles. The first-order valence-corrected chi connectivity index (χ1v) is 10.8. The maximum atomic E-state index is 12.4. The normalized spacial score (nSPS) is 11.2. The molecular weight excluding hydrogens is 434 g/mol. The summed E-state index contributed by atoms with van der Waals surface area (Å²) in [5.74, 6) is 0.319. The van der Waals surface area contributed by atoms with Crippen LogP contribution < -0.4 is 10.9 Å². The Morgan fingerprint density at radius 1 is 1.19 bits per heavy atom. The van der Waals surface area contributed by atoms with Gasteiger partial charge in [0, 0.05) is 22.5 Å². The summed E-state index contributed by atoms with van der Waals surface area (Å²) in [7, 11) is 1.79. The van der Waals surface area contributed by atoms with Crippen LogP contribution in [0.15, 0.2) is 59.5 Å². The molecule has 2 aromatic heterocycles. The molecule has 0 aliphatic rings. The lowest BCUT2D eigenvalue weighted by atomic mass is 10.1. The van der Waals surface area contributed by atoms with E-state index < -0.39 is 0 Å². The lowest BCUT2D eigenvalue weighted by molar-refractivity contribution is -0.117. The highest BCUT2D eigenvalue weighted by Crippen LogP contribution is 2.24. The Bertz CT molecular complexity index is 1290. The summed E-state index contributed by atoms with van der Waals surface area (Å²) in [4.78, 5) is 38.9. The highest BCUT2D eigenvalue weighted by Gasteiger charge is 2.12. The Morgan fingerprint density at radius 3 is 2.81 bits per heavy atom. The summed E-state index contributed by atoms with van der Waals surface area (Å²) in [6.45, 7) is 0.471. The number of H-pyrrole nitrogens is 1. The van der Waals surface area contributed by atoms with Gasteiger partial charge in [0.25, 0.3) is 5.56 Å². The van der Waals surface area contributed by atoms with Crippen molar-refractivity contribution in [3.05, 3.63) is 86.4 Å². The largest absolute Gasteiger partial charge is 0.309 e. The van der Waals surface area contributed by atoms with Crippen LogP contribution in [0.3, 0.4) is 0 Å². The van der Waals surface area contributed by atoms with Crippen molar-refractivity contribution >= 4 is 44.9 Å². The van der Waals surface area contributed by atoms with Crippen LogP contribution in [0.5, 0.6) is 0 Å². The fourth-order valence-electron chi connectivity index (χ4n) is 3.20. The number of halogens is 1. The van der Waals surface area contributed by atoms with E-state index in [0.29, 0.717) is 39.8 Å². The predicted molar refractivity (Wildman–Crippen MR) is 124 cm³/mol. The molecule has 9 heteroatoms. The predicted octanol–water partition coefficient (Wildman–Crippen LogP) is 3.69. The third kappa shape index (κ3) is 5.35. The molecule has 31 heavy (non-hydrogen) atoms. The molecular formula is C22H20ClN5O2S.